The van der Waals surface area contributed by atoms with E-state index in [-0.39, 0.29) is 0 Å². The Morgan fingerprint density at radius 1 is 0.955 bits per heavy atom. The van der Waals surface area contributed by atoms with Crippen molar-refractivity contribution in [2.75, 3.05) is 10.6 Å². The molecular formula is C17H15BrN4. The van der Waals surface area contributed by atoms with Gasteiger partial charge in [-0.2, -0.15) is 4.98 Å². The monoisotopic (exact) mass is 354 g/mol. The molecule has 110 valence electrons. The lowest BCUT2D eigenvalue weighted by Gasteiger charge is -2.08. The molecule has 4 nitrogen and oxygen atoms in total. The topological polar surface area (TPSA) is 49.8 Å². The predicted molar refractivity (Wildman–Crippen MR) is 93.2 cm³/mol. The van der Waals surface area contributed by atoms with Gasteiger partial charge in [-0.25, -0.2) is 4.98 Å². The van der Waals surface area contributed by atoms with Gasteiger partial charge in [0.05, 0.1) is 0 Å². The van der Waals surface area contributed by atoms with Crippen LogP contribution in [0, 0.1) is 0 Å². The smallest absolute Gasteiger partial charge is 0.229 e. The van der Waals surface area contributed by atoms with Gasteiger partial charge in [0.2, 0.25) is 5.95 Å². The molecule has 1 heterocycles. The highest BCUT2D eigenvalue weighted by Gasteiger charge is 2.01. The van der Waals surface area contributed by atoms with Crippen LogP contribution in [-0.2, 0) is 6.54 Å². The van der Waals surface area contributed by atoms with E-state index in [2.05, 4.69) is 48.7 Å². The molecule has 0 bridgehead atoms. The third-order valence-electron chi connectivity index (χ3n) is 3.05. The molecule has 3 rings (SSSR count). The minimum Gasteiger partial charge on any atom is -0.366 e. The summed E-state index contributed by atoms with van der Waals surface area (Å²) >= 11 is 3.45. The van der Waals surface area contributed by atoms with Crippen LogP contribution in [0.15, 0.2) is 71.3 Å². The third-order valence-corrected chi connectivity index (χ3v) is 3.55. The maximum absolute atomic E-state index is 4.46. The molecule has 22 heavy (non-hydrogen) atoms. The first kappa shape index (κ1) is 14.5. The van der Waals surface area contributed by atoms with Gasteiger partial charge in [-0.1, -0.05) is 52.3 Å². The minimum absolute atomic E-state index is 0.566. The van der Waals surface area contributed by atoms with Crippen LogP contribution in [0.3, 0.4) is 0 Å². The summed E-state index contributed by atoms with van der Waals surface area (Å²) in [5.74, 6) is 1.35. The Hall–Kier alpha value is -2.40. The van der Waals surface area contributed by atoms with E-state index in [0.29, 0.717) is 5.95 Å². The second-order valence-electron chi connectivity index (χ2n) is 4.74. The number of anilines is 3. The average molecular weight is 355 g/mol. The van der Waals surface area contributed by atoms with E-state index in [4.69, 9.17) is 0 Å². The zero-order valence-electron chi connectivity index (χ0n) is 11.8. The summed E-state index contributed by atoms with van der Waals surface area (Å²) in [5.41, 5.74) is 2.15. The molecule has 1 aromatic heterocycles. The van der Waals surface area contributed by atoms with Gasteiger partial charge in [0, 0.05) is 22.9 Å². The van der Waals surface area contributed by atoms with E-state index in [1.165, 1.54) is 5.56 Å². The number of nitrogens with zero attached hydrogens (tertiary/aromatic N) is 2. The Kier molecular flexibility index (Phi) is 4.65. The predicted octanol–water partition coefficient (Wildman–Crippen LogP) is 4.59. The largest absolute Gasteiger partial charge is 0.366 e. The molecule has 0 fully saturated rings. The van der Waals surface area contributed by atoms with Crippen molar-refractivity contribution in [1.82, 2.24) is 9.97 Å². The minimum atomic E-state index is 0.566. The van der Waals surface area contributed by atoms with Crippen LogP contribution in [-0.4, -0.2) is 9.97 Å². The molecule has 0 saturated heterocycles. The quantitative estimate of drug-likeness (QED) is 0.703. The first-order valence-electron chi connectivity index (χ1n) is 6.93. The fourth-order valence-electron chi connectivity index (χ4n) is 2.00. The van der Waals surface area contributed by atoms with Crippen LogP contribution in [0.2, 0.25) is 0 Å². The van der Waals surface area contributed by atoms with Crippen LogP contribution in [0.1, 0.15) is 5.56 Å². The summed E-state index contributed by atoms with van der Waals surface area (Å²) in [4.78, 5) is 8.71. The van der Waals surface area contributed by atoms with Crippen LogP contribution < -0.4 is 10.6 Å². The van der Waals surface area contributed by atoms with E-state index in [0.717, 1.165) is 22.5 Å². The summed E-state index contributed by atoms with van der Waals surface area (Å²) in [6, 6.07) is 20.0. The molecule has 3 aromatic rings. The average Bonchev–Trinajstić information content (AvgIpc) is 2.54. The normalized spacial score (nSPS) is 10.2. The Morgan fingerprint density at radius 3 is 2.64 bits per heavy atom. The van der Waals surface area contributed by atoms with Crippen molar-refractivity contribution in [2.24, 2.45) is 0 Å². The molecule has 2 N–H and O–H groups in total. The lowest BCUT2D eigenvalue weighted by Crippen LogP contribution is -2.04. The van der Waals surface area contributed by atoms with E-state index in [1.807, 2.05) is 48.5 Å². The molecule has 0 unspecified atom stereocenters. The van der Waals surface area contributed by atoms with Crippen LogP contribution >= 0.6 is 15.9 Å². The van der Waals surface area contributed by atoms with Crippen molar-refractivity contribution in [3.05, 3.63) is 76.9 Å². The number of benzene rings is 2. The number of hydrogen-bond donors (Lipinski definition) is 2. The summed E-state index contributed by atoms with van der Waals surface area (Å²) in [6.45, 7) is 0.730. The first-order chi connectivity index (χ1) is 10.8. The van der Waals surface area contributed by atoms with Crippen LogP contribution in [0.5, 0.6) is 0 Å². The molecule has 0 aliphatic rings. The van der Waals surface area contributed by atoms with E-state index in [9.17, 15) is 0 Å². The van der Waals surface area contributed by atoms with Gasteiger partial charge in [-0.3, -0.25) is 0 Å². The second kappa shape index (κ2) is 7.04. The maximum atomic E-state index is 4.46. The summed E-state index contributed by atoms with van der Waals surface area (Å²) in [7, 11) is 0. The lowest BCUT2D eigenvalue weighted by atomic mass is 10.2. The van der Waals surface area contributed by atoms with E-state index >= 15 is 0 Å². The van der Waals surface area contributed by atoms with Gasteiger partial charge in [0.25, 0.3) is 0 Å². The van der Waals surface area contributed by atoms with Gasteiger partial charge in [-0.05, 0) is 29.8 Å². The summed E-state index contributed by atoms with van der Waals surface area (Å²) in [6.07, 6.45) is 1.74. The lowest BCUT2D eigenvalue weighted by molar-refractivity contribution is 1.08. The third kappa shape index (κ3) is 4.05. The van der Waals surface area contributed by atoms with Crippen molar-refractivity contribution in [1.29, 1.82) is 0 Å². The second-order valence-corrected chi connectivity index (χ2v) is 5.66. The molecule has 0 atom stereocenters. The zero-order valence-corrected chi connectivity index (χ0v) is 13.4. The zero-order chi connectivity index (χ0) is 15.2. The first-order valence-corrected chi connectivity index (χ1v) is 7.72. The molecule has 0 radical (unpaired) electrons. The number of rotatable bonds is 5. The molecule has 5 heteroatoms. The van der Waals surface area contributed by atoms with Crippen molar-refractivity contribution < 1.29 is 0 Å². The van der Waals surface area contributed by atoms with Crippen LogP contribution in [0.4, 0.5) is 17.5 Å². The Labute approximate surface area is 137 Å². The summed E-state index contributed by atoms with van der Waals surface area (Å²) in [5, 5.41) is 6.49. The Morgan fingerprint density at radius 2 is 1.82 bits per heavy atom. The Balaban J connectivity index is 1.67. The van der Waals surface area contributed by atoms with E-state index < -0.39 is 0 Å². The fraction of sp³-hybridized carbons (Fsp3) is 0.0588. The van der Waals surface area contributed by atoms with Gasteiger partial charge in [0.15, 0.2) is 0 Å². The highest BCUT2D eigenvalue weighted by Crippen LogP contribution is 2.19. The number of aromatic nitrogens is 2. The van der Waals surface area contributed by atoms with Gasteiger partial charge in [0.1, 0.15) is 5.82 Å². The standard InChI is InChI=1S/C17H15BrN4/c18-14-7-4-8-15(11-14)21-17-19-10-9-16(22-17)20-12-13-5-2-1-3-6-13/h1-11H,12H2,(H2,19,20,21,22). The van der Waals surface area contributed by atoms with Gasteiger partial charge in [-0.15, -0.1) is 0 Å². The van der Waals surface area contributed by atoms with Crippen molar-refractivity contribution in [3.8, 4) is 0 Å². The molecule has 2 aromatic carbocycles. The van der Waals surface area contributed by atoms with Crippen molar-refractivity contribution >= 4 is 33.4 Å². The number of hydrogen-bond acceptors (Lipinski definition) is 4. The SMILES string of the molecule is Brc1cccc(Nc2nccc(NCc3ccccc3)n2)c1. The highest BCUT2D eigenvalue weighted by atomic mass is 79.9. The summed E-state index contributed by atoms with van der Waals surface area (Å²) < 4.78 is 1.01. The Bertz CT molecular complexity index is 746. The molecule has 0 saturated carbocycles. The van der Waals surface area contributed by atoms with Gasteiger partial charge >= 0.3 is 0 Å². The molecule has 0 amide bonds. The fourth-order valence-corrected chi connectivity index (χ4v) is 2.40. The van der Waals surface area contributed by atoms with Crippen LogP contribution in [0.25, 0.3) is 0 Å². The maximum Gasteiger partial charge on any atom is 0.229 e. The molecular weight excluding hydrogens is 340 g/mol. The van der Waals surface area contributed by atoms with Crippen molar-refractivity contribution in [2.45, 2.75) is 6.54 Å². The number of halogens is 1. The van der Waals surface area contributed by atoms with Gasteiger partial charge < -0.3 is 10.6 Å². The highest BCUT2D eigenvalue weighted by molar-refractivity contribution is 9.10. The molecule has 0 aliphatic heterocycles. The van der Waals surface area contributed by atoms with Crippen molar-refractivity contribution in [3.63, 3.8) is 0 Å². The molecule has 0 aliphatic carbocycles. The van der Waals surface area contributed by atoms with E-state index in [1.54, 1.807) is 6.20 Å². The molecule has 0 spiro atoms. The number of nitrogens with one attached hydrogen (secondary N) is 2.